The summed E-state index contributed by atoms with van der Waals surface area (Å²) < 4.78 is 13.5. The summed E-state index contributed by atoms with van der Waals surface area (Å²) in [5, 5.41) is 12.1. The summed E-state index contributed by atoms with van der Waals surface area (Å²) >= 11 is 0. The van der Waals surface area contributed by atoms with Crippen molar-refractivity contribution in [2.45, 2.75) is 33.2 Å². The van der Waals surface area contributed by atoms with Crippen molar-refractivity contribution in [3.05, 3.63) is 45.5 Å². The maximum atomic E-state index is 13.5. The van der Waals surface area contributed by atoms with Gasteiger partial charge in [0.05, 0.1) is 18.2 Å². The third-order valence-corrected chi connectivity index (χ3v) is 3.71. The van der Waals surface area contributed by atoms with E-state index in [1.165, 1.54) is 12.3 Å². The third-order valence-electron chi connectivity index (χ3n) is 3.71. The molecule has 0 fully saturated rings. The highest BCUT2D eigenvalue weighted by Gasteiger charge is 2.18. The van der Waals surface area contributed by atoms with Crippen molar-refractivity contribution >= 4 is 16.8 Å². The van der Waals surface area contributed by atoms with Crippen LogP contribution in [0.15, 0.2) is 23.1 Å². The van der Waals surface area contributed by atoms with Crippen LogP contribution in [-0.2, 0) is 0 Å². The van der Waals surface area contributed by atoms with Gasteiger partial charge in [-0.25, -0.2) is 4.39 Å². The number of halogens is 1. The number of fused-ring (bicyclic) bond motifs is 1. The molecule has 1 heterocycles. The van der Waals surface area contributed by atoms with Gasteiger partial charge in [0.2, 0.25) is 5.43 Å². The van der Waals surface area contributed by atoms with Crippen LogP contribution in [0.5, 0.6) is 0 Å². The number of amides is 1. The van der Waals surface area contributed by atoms with E-state index in [0.717, 1.165) is 6.07 Å². The average molecular weight is 320 g/mol. The Morgan fingerprint density at radius 1 is 1.39 bits per heavy atom. The Morgan fingerprint density at radius 3 is 2.70 bits per heavy atom. The van der Waals surface area contributed by atoms with Crippen LogP contribution >= 0.6 is 0 Å². The molecule has 1 amide bonds. The van der Waals surface area contributed by atoms with Gasteiger partial charge in [-0.3, -0.25) is 9.59 Å². The van der Waals surface area contributed by atoms with Gasteiger partial charge in [-0.15, -0.1) is 0 Å². The molecule has 23 heavy (non-hydrogen) atoms. The third kappa shape index (κ3) is 3.76. The first-order valence-corrected chi connectivity index (χ1v) is 7.56. The number of aromatic amines is 1. The molecule has 3 N–H and O–H groups in total. The quantitative estimate of drug-likeness (QED) is 0.789. The molecule has 2 aromatic rings. The van der Waals surface area contributed by atoms with Crippen molar-refractivity contribution < 1.29 is 14.3 Å². The summed E-state index contributed by atoms with van der Waals surface area (Å²) in [6.07, 6.45) is 1.93. The molecular weight excluding hydrogens is 299 g/mol. The van der Waals surface area contributed by atoms with E-state index in [1.54, 1.807) is 6.92 Å². The van der Waals surface area contributed by atoms with Crippen LogP contribution < -0.4 is 10.7 Å². The number of aliphatic hydroxyl groups excluding tert-OH is 1. The van der Waals surface area contributed by atoms with E-state index in [4.69, 9.17) is 0 Å². The molecule has 0 aliphatic heterocycles. The molecule has 0 spiro atoms. The number of benzene rings is 1. The zero-order valence-electron chi connectivity index (χ0n) is 13.4. The first-order chi connectivity index (χ1) is 10.8. The maximum Gasteiger partial charge on any atom is 0.257 e. The molecule has 124 valence electrons. The van der Waals surface area contributed by atoms with Gasteiger partial charge >= 0.3 is 0 Å². The number of hydrogen-bond acceptors (Lipinski definition) is 3. The largest absolute Gasteiger partial charge is 0.394 e. The lowest BCUT2D eigenvalue weighted by Gasteiger charge is -2.18. The van der Waals surface area contributed by atoms with E-state index in [-0.39, 0.29) is 17.6 Å². The van der Waals surface area contributed by atoms with Crippen molar-refractivity contribution in [2.24, 2.45) is 5.92 Å². The number of aliphatic hydroxyl groups is 1. The van der Waals surface area contributed by atoms with Crippen LogP contribution in [0, 0.1) is 18.7 Å². The van der Waals surface area contributed by atoms with Crippen LogP contribution in [-0.4, -0.2) is 28.6 Å². The van der Waals surface area contributed by atoms with Gasteiger partial charge in [0.15, 0.2) is 0 Å². The first kappa shape index (κ1) is 17.1. The molecule has 0 bridgehead atoms. The van der Waals surface area contributed by atoms with Crippen molar-refractivity contribution in [2.75, 3.05) is 6.61 Å². The van der Waals surface area contributed by atoms with Gasteiger partial charge in [-0.05, 0) is 37.0 Å². The fourth-order valence-electron chi connectivity index (χ4n) is 2.65. The number of H-pyrrole nitrogens is 1. The number of aryl methyl sites for hydroxylation is 1. The zero-order chi connectivity index (χ0) is 17.1. The van der Waals surface area contributed by atoms with Gasteiger partial charge < -0.3 is 15.4 Å². The number of pyridine rings is 1. The second kappa shape index (κ2) is 6.91. The molecule has 0 saturated carbocycles. The monoisotopic (exact) mass is 320 g/mol. The van der Waals surface area contributed by atoms with Crippen LogP contribution in [0.25, 0.3) is 10.9 Å². The fourth-order valence-corrected chi connectivity index (χ4v) is 2.65. The van der Waals surface area contributed by atoms with Crippen molar-refractivity contribution in [3.8, 4) is 0 Å². The van der Waals surface area contributed by atoms with Crippen LogP contribution in [0.3, 0.4) is 0 Å². The second-order valence-corrected chi connectivity index (χ2v) is 6.16. The molecule has 0 aliphatic carbocycles. The molecule has 0 radical (unpaired) electrons. The molecule has 0 unspecified atom stereocenters. The minimum absolute atomic E-state index is 0.0929. The van der Waals surface area contributed by atoms with Gasteiger partial charge in [-0.1, -0.05) is 13.8 Å². The highest BCUT2D eigenvalue weighted by molar-refractivity contribution is 5.97. The first-order valence-electron chi connectivity index (χ1n) is 7.56. The predicted molar refractivity (Wildman–Crippen MR) is 87.1 cm³/mol. The minimum Gasteiger partial charge on any atom is -0.394 e. The van der Waals surface area contributed by atoms with Crippen LogP contribution in [0.4, 0.5) is 4.39 Å². The Morgan fingerprint density at radius 2 is 2.09 bits per heavy atom. The number of nitrogens with one attached hydrogen (secondary N) is 2. The standard InChI is InChI=1S/C17H21FN2O3/c1-9(2)4-12(8-21)20-17(23)14-7-19-15-10(3)5-11(18)6-13(15)16(14)22/h5-7,9,12,21H,4,8H2,1-3H3,(H,19,22)(H,20,23)/t12-/m0/s1. The summed E-state index contributed by atoms with van der Waals surface area (Å²) in [6, 6.07) is 2.02. The maximum absolute atomic E-state index is 13.5. The number of rotatable bonds is 5. The molecule has 1 atom stereocenters. The summed E-state index contributed by atoms with van der Waals surface area (Å²) in [4.78, 5) is 27.6. The molecule has 1 aromatic carbocycles. The van der Waals surface area contributed by atoms with E-state index in [0.29, 0.717) is 23.4 Å². The molecule has 2 rings (SSSR count). The Bertz CT molecular complexity index is 783. The number of hydrogen-bond donors (Lipinski definition) is 3. The van der Waals surface area contributed by atoms with Gasteiger partial charge in [0.1, 0.15) is 11.4 Å². The molecule has 5 nitrogen and oxygen atoms in total. The number of aromatic nitrogens is 1. The van der Waals surface area contributed by atoms with E-state index in [2.05, 4.69) is 10.3 Å². The van der Waals surface area contributed by atoms with Crippen LogP contribution in [0.2, 0.25) is 0 Å². The topological polar surface area (TPSA) is 82.2 Å². The van der Waals surface area contributed by atoms with E-state index >= 15 is 0 Å². The van der Waals surface area contributed by atoms with Gasteiger partial charge in [-0.2, -0.15) is 0 Å². The number of carbonyl (C=O) groups is 1. The Labute approximate surface area is 133 Å². The van der Waals surface area contributed by atoms with Crippen molar-refractivity contribution in [3.63, 3.8) is 0 Å². The second-order valence-electron chi connectivity index (χ2n) is 6.16. The Balaban J connectivity index is 2.38. The normalized spacial score (nSPS) is 12.6. The number of carbonyl (C=O) groups excluding carboxylic acids is 1. The molecule has 6 heteroatoms. The van der Waals surface area contributed by atoms with E-state index < -0.39 is 23.2 Å². The fraction of sp³-hybridized carbons (Fsp3) is 0.412. The van der Waals surface area contributed by atoms with Gasteiger partial charge in [0, 0.05) is 11.6 Å². The molecule has 1 aromatic heterocycles. The SMILES string of the molecule is Cc1cc(F)cc2c(=O)c(C(=O)N[C@H](CO)CC(C)C)c[nH]c12. The van der Waals surface area contributed by atoms with Crippen molar-refractivity contribution in [1.29, 1.82) is 0 Å². The summed E-state index contributed by atoms with van der Waals surface area (Å²) in [7, 11) is 0. The minimum atomic E-state index is -0.574. The molecule has 0 saturated heterocycles. The lowest BCUT2D eigenvalue weighted by atomic mass is 10.0. The Hall–Kier alpha value is -2.21. The highest BCUT2D eigenvalue weighted by Crippen LogP contribution is 2.15. The predicted octanol–water partition coefficient (Wildman–Crippen LogP) is 2.11. The zero-order valence-corrected chi connectivity index (χ0v) is 13.4. The summed E-state index contributed by atoms with van der Waals surface area (Å²) in [5.74, 6) is -0.806. The van der Waals surface area contributed by atoms with E-state index in [1.807, 2.05) is 13.8 Å². The summed E-state index contributed by atoms with van der Waals surface area (Å²) in [5.41, 5.74) is 0.482. The van der Waals surface area contributed by atoms with E-state index in [9.17, 15) is 19.1 Å². The molecular formula is C17H21FN2O3. The molecule has 0 aliphatic rings. The smallest absolute Gasteiger partial charge is 0.257 e. The van der Waals surface area contributed by atoms with Crippen LogP contribution in [0.1, 0.15) is 36.2 Å². The lowest BCUT2D eigenvalue weighted by molar-refractivity contribution is 0.0907. The lowest BCUT2D eigenvalue weighted by Crippen LogP contribution is -2.40. The summed E-state index contributed by atoms with van der Waals surface area (Å²) in [6.45, 7) is 5.43. The highest BCUT2D eigenvalue weighted by atomic mass is 19.1. The van der Waals surface area contributed by atoms with Crippen molar-refractivity contribution in [1.82, 2.24) is 10.3 Å². The average Bonchev–Trinajstić information content (AvgIpc) is 2.47. The van der Waals surface area contributed by atoms with Gasteiger partial charge in [0.25, 0.3) is 5.91 Å². The Kier molecular flexibility index (Phi) is 5.15.